The fraction of sp³-hybridized carbons (Fsp3) is 0. The van der Waals surface area contributed by atoms with Gasteiger partial charge in [0.15, 0.2) is 0 Å². The molecule has 0 saturated carbocycles. The number of fused-ring (bicyclic) bond motifs is 7. The van der Waals surface area contributed by atoms with E-state index in [1.165, 1.54) is 49.3 Å². The summed E-state index contributed by atoms with van der Waals surface area (Å²) in [6, 6.07) is 91.9. The van der Waals surface area contributed by atoms with Crippen LogP contribution >= 0.6 is 0 Å². The highest BCUT2D eigenvalue weighted by atomic mass is 16.3. The molecule has 13 aromatic rings. The molecule has 67 heavy (non-hydrogen) atoms. The number of anilines is 3. The second-order valence-electron chi connectivity index (χ2n) is 17.3. The molecule has 0 spiro atoms. The molecule has 3 heteroatoms. The lowest BCUT2D eigenvalue weighted by atomic mass is 9.98. The summed E-state index contributed by atoms with van der Waals surface area (Å²) in [7, 11) is 0. The SMILES string of the molecule is c1cc(-c2ccc(-c3ccccc3-n3c4ccccc4c4ccccc43)cc2)cc(N(c2ccc(-c3cccc4c3oc3ccccc34)cc2)c2cccc(-c3ccc4ccccc4c3)c2)c1. The van der Waals surface area contributed by atoms with E-state index in [1.807, 2.05) is 12.1 Å². The Morgan fingerprint density at radius 2 is 0.806 bits per heavy atom. The van der Waals surface area contributed by atoms with Crippen molar-refractivity contribution in [3.63, 3.8) is 0 Å². The minimum atomic E-state index is 0.901. The number of nitrogens with zero attached hydrogens (tertiary/aromatic N) is 2. The lowest BCUT2D eigenvalue weighted by Gasteiger charge is -2.27. The number of hydrogen-bond donors (Lipinski definition) is 0. The first kappa shape index (κ1) is 38.5. The average molecular weight is 855 g/mol. The molecule has 0 aliphatic carbocycles. The molecule has 0 aliphatic heterocycles. The van der Waals surface area contributed by atoms with E-state index in [0.29, 0.717) is 0 Å². The van der Waals surface area contributed by atoms with Gasteiger partial charge in [-0.05, 0) is 111 Å². The zero-order valence-corrected chi connectivity index (χ0v) is 36.6. The van der Waals surface area contributed by atoms with E-state index in [-0.39, 0.29) is 0 Å². The van der Waals surface area contributed by atoms with Crippen LogP contribution in [-0.2, 0) is 0 Å². The minimum absolute atomic E-state index is 0.901. The molecule has 0 fully saturated rings. The monoisotopic (exact) mass is 854 g/mol. The number of furan rings is 1. The fourth-order valence-corrected chi connectivity index (χ4v) is 10.2. The Balaban J connectivity index is 0.892. The van der Waals surface area contributed by atoms with Crippen molar-refractivity contribution < 1.29 is 4.42 Å². The number of aromatic nitrogens is 1. The molecular weight excluding hydrogens is 813 g/mol. The zero-order chi connectivity index (χ0) is 44.3. The second-order valence-corrected chi connectivity index (χ2v) is 17.3. The summed E-state index contributed by atoms with van der Waals surface area (Å²) < 4.78 is 8.88. The third-order valence-corrected chi connectivity index (χ3v) is 13.4. The normalized spacial score (nSPS) is 11.6. The van der Waals surface area contributed by atoms with Crippen LogP contribution in [0.1, 0.15) is 0 Å². The van der Waals surface area contributed by atoms with Gasteiger partial charge in [-0.2, -0.15) is 0 Å². The van der Waals surface area contributed by atoms with Gasteiger partial charge in [-0.1, -0.05) is 188 Å². The molecule has 0 atom stereocenters. The molecule has 0 unspecified atom stereocenters. The number of benzene rings is 11. The smallest absolute Gasteiger partial charge is 0.143 e. The van der Waals surface area contributed by atoms with E-state index in [1.54, 1.807) is 0 Å². The van der Waals surface area contributed by atoms with Crippen molar-refractivity contribution in [1.82, 2.24) is 4.57 Å². The molecule has 0 saturated heterocycles. The molecule has 13 rings (SSSR count). The zero-order valence-electron chi connectivity index (χ0n) is 36.6. The van der Waals surface area contributed by atoms with Crippen LogP contribution in [0.3, 0.4) is 0 Å². The van der Waals surface area contributed by atoms with Crippen LogP contribution in [0.15, 0.2) is 259 Å². The highest BCUT2D eigenvalue weighted by Gasteiger charge is 2.19. The van der Waals surface area contributed by atoms with Crippen molar-refractivity contribution >= 4 is 71.6 Å². The molecule has 3 nitrogen and oxygen atoms in total. The first-order valence-corrected chi connectivity index (χ1v) is 22.9. The van der Waals surface area contributed by atoms with Crippen LogP contribution < -0.4 is 4.90 Å². The van der Waals surface area contributed by atoms with Crippen molar-refractivity contribution in [2.75, 3.05) is 4.90 Å². The first-order valence-electron chi connectivity index (χ1n) is 22.9. The summed E-state index contributed by atoms with van der Waals surface area (Å²) in [6.45, 7) is 0. The predicted molar refractivity (Wildman–Crippen MR) is 282 cm³/mol. The van der Waals surface area contributed by atoms with Gasteiger partial charge in [-0.15, -0.1) is 0 Å². The Hall–Kier alpha value is -8.92. The van der Waals surface area contributed by atoms with Crippen molar-refractivity contribution in [3.8, 4) is 50.2 Å². The van der Waals surface area contributed by atoms with Gasteiger partial charge in [0, 0.05) is 49.7 Å². The first-order chi connectivity index (χ1) is 33.2. The number of rotatable bonds is 8. The van der Waals surface area contributed by atoms with Crippen LogP contribution in [0, 0.1) is 0 Å². The minimum Gasteiger partial charge on any atom is -0.455 e. The van der Waals surface area contributed by atoms with E-state index >= 15 is 0 Å². The second kappa shape index (κ2) is 16.0. The summed E-state index contributed by atoms with van der Waals surface area (Å²) in [6.07, 6.45) is 0. The van der Waals surface area contributed by atoms with Crippen LogP contribution in [0.2, 0.25) is 0 Å². The molecule has 2 heterocycles. The third-order valence-electron chi connectivity index (χ3n) is 13.4. The van der Waals surface area contributed by atoms with E-state index in [4.69, 9.17) is 4.42 Å². The quantitative estimate of drug-likeness (QED) is 0.152. The average Bonchev–Trinajstić information content (AvgIpc) is 3.95. The maximum Gasteiger partial charge on any atom is 0.143 e. The molecule has 0 aliphatic rings. The maximum atomic E-state index is 6.47. The molecule has 11 aromatic carbocycles. The Kier molecular flexibility index (Phi) is 9.17. The third kappa shape index (κ3) is 6.67. The van der Waals surface area contributed by atoms with E-state index in [0.717, 1.165) is 72.5 Å². The van der Waals surface area contributed by atoms with Gasteiger partial charge in [0.05, 0.1) is 16.7 Å². The predicted octanol–water partition coefficient (Wildman–Crippen LogP) is 18.0. The van der Waals surface area contributed by atoms with Crippen LogP contribution in [-0.4, -0.2) is 4.57 Å². The Morgan fingerprint density at radius 1 is 0.299 bits per heavy atom. The summed E-state index contributed by atoms with van der Waals surface area (Å²) in [5.74, 6) is 0. The molecule has 0 amide bonds. The molecular formula is C64H42N2O. The Labute approximate surface area is 388 Å². The summed E-state index contributed by atoms with van der Waals surface area (Å²) in [4.78, 5) is 2.37. The topological polar surface area (TPSA) is 21.3 Å². The molecule has 314 valence electrons. The molecule has 0 N–H and O–H groups in total. The molecule has 0 radical (unpaired) electrons. The largest absolute Gasteiger partial charge is 0.455 e. The van der Waals surface area contributed by atoms with E-state index in [2.05, 4.69) is 252 Å². The van der Waals surface area contributed by atoms with Gasteiger partial charge in [0.25, 0.3) is 0 Å². The summed E-state index contributed by atoms with van der Waals surface area (Å²) in [5, 5.41) is 7.24. The van der Waals surface area contributed by atoms with E-state index in [9.17, 15) is 0 Å². The molecule has 2 aromatic heterocycles. The highest BCUT2D eigenvalue weighted by molar-refractivity contribution is 6.11. The lowest BCUT2D eigenvalue weighted by molar-refractivity contribution is 0.670. The van der Waals surface area contributed by atoms with E-state index < -0.39 is 0 Å². The Morgan fingerprint density at radius 3 is 1.55 bits per heavy atom. The number of para-hydroxylation sites is 5. The van der Waals surface area contributed by atoms with Crippen molar-refractivity contribution in [3.05, 3.63) is 255 Å². The van der Waals surface area contributed by atoms with Crippen LogP contribution in [0.4, 0.5) is 17.1 Å². The van der Waals surface area contributed by atoms with Gasteiger partial charge in [0.1, 0.15) is 11.2 Å². The Bertz CT molecular complexity index is 3930. The van der Waals surface area contributed by atoms with Gasteiger partial charge >= 0.3 is 0 Å². The summed E-state index contributed by atoms with van der Waals surface area (Å²) >= 11 is 0. The lowest BCUT2D eigenvalue weighted by Crippen LogP contribution is -2.10. The van der Waals surface area contributed by atoms with Crippen molar-refractivity contribution in [2.45, 2.75) is 0 Å². The van der Waals surface area contributed by atoms with Gasteiger partial charge in [-0.3, -0.25) is 0 Å². The van der Waals surface area contributed by atoms with Gasteiger partial charge in [-0.25, -0.2) is 0 Å². The van der Waals surface area contributed by atoms with Crippen LogP contribution in [0.5, 0.6) is 0 Å². The van der Waals surface area contributed by atoms with Crippen LogP contribution in [0.25, 0.3) is 105 Å². The van der Waals surface area contributed by atoms with Gasteiger partial charge in [0.2, 0.25) is 0 Å². The van der Waals surface area contributed by atoms with Crippen molar-refractivity contribution in [2.24, 2.45) is 0 Å². The number of hydrogen-bond acceptors (Lipinski definition) is 2. The van der Waals surface area contributed by atoms with Gasteiger partial charge < -0.3 is 13.9 Å². The molecule has 0 bridgehead atoms. The summed E-state index contributed by atoms with van der Waals surface area (Å²) in [5.41, 5.74) is 17.8. The highest BCUT2D eigenvalue weighted by Crippen LogP contribution is 2.42. The van der Waals surface area contributed by atoms with Crippen molar-refractivity contribution in [1.29, 1.82) is 0 Å². The fourth-order valence-electron chi connectivity index (χ4n) is 10.2. The maximum absolute atomic E-state index is 6.47. The standard InChI is InChI=1S/C64H42N2O/c1-2-15-47-40-50(35-32-43(47)14-1)49-17-12-19-53(42-49)65(51-38-36-46(37-39-51)55-24-13-25-59-58-23-6-10-29-63(58)67-64(55)59)52-18-11-16-48(41-52)44-30-33-45(34-31-44)54-20-3-7-26-60(54)66-61-27-8-4-21-56(61)57-22-5-9-28-62(57)66/h1-42H.